The van der Waals surface area contributed by atoms with Crippen LogP contribution in [0.15, 0.2) is 40.9 Å². The number of amides is 1. The summed E-state index contributed by atoms with van der Waals surface area (Å²) >= 11 is 0. The van der Waals surface area contributed by atoms with Gasteiger partial charge in [-0.05, 0) is 31.2 Å². The van der Waals surface area contributed by atoms with E-state index in [2.05, 4.69) is 26.0 Å². The Balaban J connectivity index is 1.68. The molecular weight excluding hydrogens is 320 g/mol. The van der Waals surface area contributed by atoms with Gasteiger partial charge in [0.2, 0.25) is 0 Å². The van der Waals surface area contributed by atoms with Gasteiger partial charge in [-0.1, -0.05) is 5.16 Å². The number of hydrogen-bond acceptors (Lipinski definition) is 6. The Kier molecular flexibility index (Phi) is 4.15. The summed E-state index contributed by atoms with van der Waals surface area (Å²) in [7, 11) is 0. The van der Waals surface area contributed by atoms with Crippen LogP contribution < -0.4 is 10.6 Å². The van der Waals surface area contributed by atoms with Crippen molar-refractivity contribution in [2.45, 2.75) is 6.92 Å². The van der Waals surface area contributed by atoms with Crippen molar-refractivity contribution in [2.75, 3.05) is 10.6 Å². The fourth-order valence-corrected chi connectivity index (χ4v) is 1.85. The lowest BCUT2D eigenvalue weighted by Gasteiger charge is -2.05. The second-order valence-corrected chi connectivity index (χ2v) is 4.83. The Morgan fingerprint density at radius 1 is 1.04 bits per heavy atom. The van der Waals surface area contributed by atoms with E-state index in [4.69, 9.17) is 4.52 Å². The molecule has 0 saturated heterocycles. The maximum Gasteiger partial charge on any atom is 0.276 e. The molecule has 9 heteroatoms. The molecule has 2 aromatic heterocycles. The molecule has 7 nitrogen and oxygen atoms in total. The largest absolute Gasteiger partial charge is 0.360 e. The molecule has 0 atom stereocenters. The minimum Gasteiger partial charge on any atom is -0.360 e. The zero-order chi connectivity index (χ0) is 17.1. The Labute approximate surface area is 134 Å². The highest BCUT2D eigenvalue weighted by atomic mass is 19.2. The van der Waals surface area contributed by atoms with Crippen molar-refractivity contribution in [3.63, 3.8) is 0 Å². The second kappa shape index (κ2) is 6.41. The van der Waals surface area contributed by atoms with Crippen molar-refractivity contribution in [1.82, 2.24) is 15.4 Å². The third kappa shape index (κ3) is 3.51. The van der Waals surface area contributed by atoms with E-state index in [9.17, 15) is 13.6 Å². The molecule has 1 aromatic carbocycles. The van der Waals surface area contributed by atoms with Crippen LogP contribution in [0.3, 0.4) is 0 Å². The molecule has 1 amide bonds. The lowest BCUT2D eigenvalue weighted by atomic mass is 10.3. The van der Waals surface area contributed by atoms with Crippen LogP contribution in [0.2, 0.25) is 0 Å². The van der Waals surface area contributed by atoms with Crippen molar-refractivity contribution in [3.8, 4) is 0 Å². The van der Waals surface area contributed by atoms with Gasteiger partial charge in [-0.2, -0.15) is 0 Å². The average Bonchev–Trinajstić information content (AvgIpc) is 2.96. The Bertz CT molecular complexity index is 880. The highest BCUT2D eigenvalue weighted by Crippen LogP contribution is 2.15. The van der Waals surface area contributed by atoms with Gasteiger partial charge in [0.25, 0.3) is 5.91 Å². The summed E-state index contributed by atoms with van der Waals surface area (Å²) in [6, 6.07) is 7.67. The number of nitrogens with one attached hydrogen (secondary N) is 2. The van der Waals surface area contributed by atoms with E-state index in [1.54, 1.807) is 13.0 Å². The molecule has 0 aliphatic rings. The van der Waals surface area contributed by atoms with Crippen molar-refractivity contribution in [3.05, 3.63) is 59.5 Å². The summed E-state index contributed by atoms with van der Waals surface area (Å²) in [4.78, 5) is 12.0. The van der Waals surface area contributed by atoms with E-state index in [0.29, 0.717) is 17.4 Å². The normalized spacial score (nSPS) is 10.5. The summed E-state index contributed by atoms with van der Waals surface area (Å²) in [5, 5.41) is 16.6. The summed E-state index contributed by atoms with van der Waals surface area (Å²) < 4.78 is 30.9. The average molecular weight is 331 g/mol. The quantitative estimate of drug-likeness (QED) is 0.763. The Morgan fingerprint density at radius 3 is 2.50 bits per heavy atom. The van der Waals surface area contributed by atoms with E-state index < -0.39 is 17.5 Å². The maximum absolute atomic E-state index is 13.1. The van der Waals surface area contributed by atoms with E-state index in [1.807, 2.05) is 0 Å². The molecule has 24 heavy (non-hydrogen) atoms. The first kappa shape index (κ1) is 15.5. The zero-order valence-corrected chi connectivity index (χ0v) is 12.4. The van der Waals surface area contributed by atoms with Gasteiger partial charge in [0, 0.05) is 17.8 Å². The van der Waals surface area contributed by atoms with E-state index in [0.717, 1.165) is 12.1 Å². The van der Waals surface area contributed by atoms with Crippen LogP contribution in [-0.4, -0.2) is 21.3 Å². The molecule has 2 N–H and O–H groups in total. The number of anilines is 3. The zero-order valence-electron chi connectivity index (χ0n) is 12.4. The molecule has 0 spiro atoms. The van der Waals surface area contributed by atoms with Crippen LogP contribution in [0.1, 0.15) is 16.2 Å². The molecule has 2 heterocycles. The van der Waals surface area contributed by atoms with E-state index in [1.165, 1.54) is 18.2 Å². The van der Waals surface area contributed by atoms with Gasteiger partial charge in [0.05, 0.1) is 0 Å². The number of aryl methyl sites for hydroxylation is 1. The van der Waals surface area contributed by atoms with Gasteiger partial charge in [-0.3, -0.25) is 4.79 Å². The standard InChI is InChI=1S/C15H11F2N5O2/c1-8-6-14(22-24-8)19-13-5-4-12(20-21-13)15(23)18-9-2-3-10(16)11(17)7-9/h2-7H,1H3,(H,18,23)(H,19,21,22). The van der Waals surface area contributed by atoms with Gasteiger partial charge in [0.15, 0.2) is 29.0 Å². The molecular formula is C15H11F2N5O2. The fourth-order valence-electron chi connectivity index (χ4n) is 1.85. The molecule has 0 aliphatic heterocycles. The Morgan fingerprint density at radius 2 is 1.88 bits per heavy atom. The number of benzene rings is 1. The number of nitrogens with zero attached hydrogens (tertiary/aromatic N) is 3. The van der Waals surface area contributed by atoms with E-state index >= 15 is 0 Å². The predicted octanol–water partition coefficient (Wildman–Crippen LogP) is 3.05. The third-order valence-electron chi connectivity index (χ3n) is 2.96. The van der Waals surface area contributed by atoms with Crippen LogP contribution in [0.4, 0.5) is 26.1 Å². The minimum absolute atomic E-state index is 0.0154. The van der Waals surface area contributed by atoms with Crippen LogP contribution in [0.25, 0.3) is 0 Å². The molecule has 0 aliphatic carbocycles. The summed E-state index contributed by atoms with van der Waals surface area (Å²) in [5.74, 6) is -1.19. The number of carbonyl (C=O) groups excluding carboxylic acids is 1. The third-order valence-corrected chi connectivity index (χ3v) is 2.96. The van der Waals surface area contributed by atoms with Crippen molar-refractivity contribution < 1.29 is 18.1 Å². The first-order valence-corrected chi connectivity index (χ1v) is 6.82. The summed E-state index contributed by atoms with van der Waals surface area (Å²) in [5.41, 5.74) is 0.127. The molecule has 3 aromatic rings. The minimum atomic E-state index is -1.05. The van der Waals surface area contributed by atoms with Crippen LogP contribution >= 0.6 is 0 Å². The molecule has 0 fully saturated rings. The SMILES string of the molecule is Cc1cc(Nc2ccc(C(=O)Nc3ccc(F)c(F)c3)nn2)no1. The van der Waals surface area contributed by atoms with Gasteiger partial charge in [-0.15, -0.1) is 10.2 Å². The highest BCUT2D eigenvalue weighted by molar-refractivity contribution is 6.02. The Hall–Kier alpha value is -3.36. The van der Waals surface area contributed by atoms with Crippen LogP contribution in [0, 0.1) is 18.6 Å². The molecule has 0 radical (unpaired) electrons. The van der Waals surface area contributed by atoms with Gasteiger partial charge < -0.3 is 15.2 Å². The first-order valence-electron chi connectivity index (χ1n) is 6.82. The number of halogens is 2. The first-order chi connectivity index (χ1) is 11.5. The number of rotatable bonds is 4. The van der Waals surface area contributed by atoms with Crippen molar-refractivity contribution in [1.29, 1.82) is 0 Å². The van der Waals surface area contributed by atoms with Crippen molar-refractivity contribution >= 4 is 23.2 Å². The van der Waals surface area contributed by atoms with Gasteiger partial charge >= 0.3 is 0 Å². The molecule has 122 valence electrons. The number of carbonyl (C=O) groups is 1. The smallest absolute Gasteiger partial charge is 0.276 e. The monoisotopic (exact) mass is 331 g/mol. The highest BCUT2D eigenvalue weighted by Gasteiger charge is 2.11. The topological polar surface area (TPSA) is 92.9 Å². The maximum atomic E-state index is 13.1. The number of hydrogen-bond donors (Lipinski definition) is 2. The fraction of sp³-hybridized carbons (Fsp3) is 0.0667. The lowest BCUT2D eigenvalue weighted by Crippen LogP contribution is -2.14. The summed E-state index contributed by atoms with van der Waals surface area (Å²) in [6.45, 7) is 1.75. The second-order valence-electron chi connectivity index (χ2n) is 4.83. The summed E-state index contributed by atoms with van der Waals surface area (Å²) in [6.07, 6.45) is 0. The molecule has 3 rings (SSSR count). The van der Waals surface area contributed by atoms with Gasteiger partial charge in [-0.25, -0.2) is 8.78 Å². The van der Waals surface area contributed by atoms with E-state index in [-0.39, 0.29) is 11.4 Å². The lowest BCUT2D eigenvalue weighted by molar-refractivity contribution is 0.102. The van der Waals surface area contributed by atoms with Gasteiger partial charge in [0.1, 0.15) is 5.76 Å². The number of aromatic nitrogens is 3. The molecule has 0 unspecified atom stereocenters. The van der Waals surface area contributed by atoms with Crippen molar-refractivity contribution in [2.24, 2.45) is 0 Å². The van der Waals surface area contributed by atoms with Crippen LogP contribution in [-0.2, 0) is 0 Å². The van der Waals surface area contributed by atoms with Crippen LogP contribution in [0.5, 0.6) is 0 Å². The molecule has 0 bridgehead atoms. The molecule has 0 saturated carbocycles. The predicted molar refractivity (Wildman–Crippen MR) is 80.9 cm³/mol.